The summed E-state index contributed by atoms with van der Waals surface area (Å²) in [6.45, 7) is 4.01. The topological polar surface area (TPSA) is 86.5 Å². The summed E-state index contributed by atoms with van der Waals surface area (Å²) in [5.41, 5.74) is 0.775. The average Bonchev–Trinajstić information content (AvgIpc) is 2.47. The van der Waals surface area contributed by atoms with Gasteiger partial charge in [0.15, 0.2) is 0 Å². The molecule has 0 saturated carbocycles. The van der Waals surface area contributed by atoms with Crippen molar-refractivity contribution in [3.63, 3.8) is 0 Å². The smallest absolute Gasteiger partial charge is 0.339 e. The van der Waals surface area contributed by atoms with Crippen molar-refractivity contribution >= 4 is 15.8 Å². The Balaban J connectivity index is 2.27. The maximum atomic E-state index is 12.2. The van der Waals surface area contributed by atoms with E-state index in [1.165, 1.54) is 30.3 Å². The Labute approximate surface area is 128 Å². The molecule has 22 heavy (non-hydrogen) atoms. The van der Waals surface area contributed by atoms with E-state index < -0.39 is 15.0 Å². The van der Waals surface area contributed by atoms with Gasteiger partial charge in [0.25, 0.3) is 5.69 Å². The van der Waals surface area contributed by atoms with E-state index in [9.17, 15) is 18.5 Å². The minimum atomic E-state index is -4.02. The fraction of sp³-hybridized carbons (Fsp3) is 0.200. The van der Waals surface area contributed by atoms with Gasteiger partial charge >= 0.3 is 10.1 Å². The fourth-order valence-electron chi connectivity index (χ4n) is 1.84. The number of nitro benzene ring substituents is 1. The molecule has 2 aromatic rings. The first-order chi connectivity index (χ1) is 10.3. The normalized spacial score (nSPS) is 11.4. The molecule has 0 aliphatic heterocycles. The Bertz CT molecular complexity index is 782. The minimum Gasteiger partial charge on any atom is -0.379 e. The summed E-state index contributed by atoms with van der Waals surface area (Å²) in [6.07, 6.45) is 0. The Hall–Kier alpha value is -2.41. The van der Waals surface area contributed by atoms with E-state index >= 15 is 0 Å². The maximum Gasteiger partial charge on any atom is 0.339 e. The monoisotopic (exact) mass is 321 g/mol. The predicted octanol–water partition coefficient (Wildman–Crippen LogP) is 3.49. The molecule has 0 N–H and O–H groups in total. The van der Waals surface area contributed by atoms with Crippen molar-refractivity contribution in [3.05, 3.63) is 64.2 Å². The van der Waals surface area contributed by atoms with Gasteiger partial charge in [0.05, 0.1) is 11.0 Å². The lowest BCUT2D eigenvalue weighted by Gasteiger charge is -2.09. The minimum absolute atomic E-state index is 0.00315. The van der Waals surface area contributed by atoms with Gasteiger partial charge in [-0.1, -0.05) is 32.0 Å². The van der Waals surface area contributed by atoms with E-state index in [-0.39, 0.29) is 22.3 Å². The number of hydrogen-bond donors (Lipinski definition) is 0. The number of nitro groups is 1. The van der Waals surface area contributed by atoms with Crippen LogP contribution in [0.3, 0.4) is 0 Å². The molecule has 0 aromatic heterocycles. The zero-order valence-electron chi connectivity index (χ0n) is 12.1. The van der Waals surface area contributed by atoms with Gasteiger partial charge in [0.2, 0.25) is 0 Å². The molecule has 0 heterocycles. The number of nitrogens with zero attached hydrogens (tertiary/aromatic N) is 1. The van der Waals surface area contributed by atoms with Crippen molar-refractivity contribution in [2.45, 2.75) is 24.7 Å². The second-order valence-electron chi connectivity index (χ2n) is 5.02. The SMILES string of the molecule is CC(C)c1ccc(S(=O)(=O)Oc2cccc([N+](=O)[O-])c2)cc1. The number of non-ortho nitro benzene ring substituents is 1. The Morgan fingerprint density at radius 1 is 1.09 bits per heavy atom. The summed E-state index contributed by atoms with van der Waals surface area (Å²) >= 11 is 0. The van der Waals surface area contributed by atoms with Gasteiger partial charge in [-0.2, -0.15) is 8.42 Å². The first-order valence-corrected chi connectivity index (χ1v) is 7.99. The molecular formula is C15H15NO5S. The van der Waals surface area contributed by atoms with Crippen LogP contribution in [0.25, 0.3) is 0 Å². The van der Waals surface area contributed by atoms with Crippen LogP contribution in [-0.4, -0.2) is 13.3 Å². The van der Waals surface area contributed by atoms with Crippen molar-refractivity contribution < 1.29 is 17.5 Å². The molecule has 116 valence electrons. The molecule has 0 bridgehead atoms. The Morgan fingerprint density at radius 2 is 1.73 bits per heavy atom. The third-order valence-electron chi connectivity index (χ3n) is 3.07. The quantitative estimate of drug-likeness (QED) is 0.478. The van der Waals surface area contributed by atoms with Crippen LogP contribution in [0.2, 0.25) is 0 Å². The van der Waals surface area contributed by atoms with Gasteiger partial charge in [-0.3, -0.25) is 10.1 Å². The summed E-state index contributed by atoms with van der Waals surface area (Å²) in [7, 11) is -4.02. The Kier molecular flexibility index (Phi) is 4.46. The highest BCUT2D eigenvalue weighted by atomic mass is 32.2. The third kappa shape index (κ3) is 3.62. The van der Waals surface area contributed by atoms with Crippen LogP contribution in [0.5, 0.6) is 5.75 Å². The zero-order chi connectivity index (χ0) is 16.3. The van der Waals surface area contributed by atoms with Crippen molar-refractivity contribution in [2.24, 2.45) is 0 Å². The van der Waals surface area contributed by atoms with Crippen LogP contribution in [0.15, 0.2) is 53.4 Å². The van der Waals surface area contributed by atoms with Gasteiger partial charge in [-0.05, 0) is 29.7 Å². The number of rotatable bonds is 5. The first kappa shape index (κ1) is 16.0. The standard InChI is InChI=1S/C15H15NO5S/c1-11(2)12-6-8-15(9-7-12)22(19,20)21-14-5-3-4-13(10-14)16(17)18/h3-11H,1-2H3. The molecule has 0 fully saturated rings. The van der Waals surface area contributed by atoms with E-state index in [0.29, 0.717) is 0 Å². The third-order valence-corrected chi connectivity index (χ3v) is 4.33. The van der Waals surface area contributed by atoms with E-state index in [1.807, 2.05) is 13.8 Å². The molecule has 0 atom stereocenters. The van der Waals surface area contributed by atoms with E-state index in [1.54, 1.807) is 12.1 Å². The Morgan fingerprint density at radius 3 is 2.27 bits per heavy atom. The zero-order valence-corrected chi connectivity index (χ0v) is 12.9. The number of benzene rings is 2. The molecule has 0 spiro atoms. The first-order valence-electron chi connectivity index (χ1n) is 6.58. The molecule has 0 saturated heterocycles. The van der Waals surface area contributed by atoms with Crippen LogP contribution in [0.4, 0.5) is 5.69 Å². The number of hydrogen-bond acceptors (Lipinski definition) is 5. The summed E-state index contributed by atoms with van der Waals surface area (Å²) in [6, 6.07) is 11.4. The molecule has 7 heteroatoms. The van der Waals surface area contributed by atoms with Crippen molar-refractivity contribution in [1.82, 2.24) is 0 Å². The van der Waals surface area contributed by atoms with Gasteiger partial charge < -0.3 is 4.18 Å². The van der Waals surface area contributed by atoms with Gasteiger partial charge in [0, 0.05) is 6.07 Å². The van der Waals surface area contributed by atoms with Crippen LogP contribution in [0.1, 0.15) is 25.3 Å². The molecule has 0 aliphatic rings. The van der Waals surface area contributed by atoms with Crippen LogP contribution < -0.4 is 4.18 Å². The maximum absolute atomic E-state index is 12.2. The molecule has 0 radical (unpaired) electrons. The molecule has 0 aliphatic carbocycles. The molecule has 2 rings (SSSR count). The lowest BCUT2D eigenvalue weighted by Crippen LogP contribution is -2.10. The molecule has 2 aromatic carbocycles. The van der Waals surface area contributed by atoms with Crippen LogP contribution in [-0.2, 0) is 10.1 Å². The largest absolute Gasteiger partial charge is 0.379 e. The lowest BCUT2D eigenvalue weighted by atomic mass is 10.0. The van der Waals surface area contributed by atoms with Crippen molar-refractivity contribution in [1.29, 1.82) is 0 Å². The highest BCUT2D eigenvalue weighted by Gasteiger charge is 2.18. The lowest BCUT2D eigenvalue weighted by molar-refractivity contribution is -0.384. The van der Waals surface area contributed by atoms with Crippen molar-refractivity contribution in [2.75, 3.05) is 0 Å². The summed E-state index contributed by atoms with van der Waals surface area (Å²) < 4.78 is 29.3. The van der Waals surface area contributed by atoms with E-state index in [4.69, 9.17) is 4.18 Å². The van der Waals surface area contributed by atoms with Gasteiger partial charge in [-0.15, -0.1) is 0 Å². The van der Waals surface area contributed by atoms with Crippen LogP contribution >= 0.6 is 0 Å². The van der Waals surface area contributed by atoms with E-state index in [0.717, 1.165) is 11.6 Å². The van der Waals surface area contributed by atoms with E-state index in [2.05, 4.69) is 0 Å². The second-order valence-corrected chi connectivity index (χ2v) is 6.56. The van der Waals surface area contributed by atoms with Gasteiger partial charge in [-0.25, -0.2) is 0 Å². The fourth-order valence-corrected chi connectivity index (χ4v) is 2.77. The average molecular weight is 321 g/mol. The predicted molar refractivity (Wildman–Crippen MR) is 81.4 cm³/mol. The highest BCUT2D eigenvalue weighted by Crippen LogP contribution is 2.24. The highest BCUT2D eigenvalue weighted by molar-refractivity contribution is 7.87. The van der Waals surface area contributed by atoms with Crippen molar-refractivity contribution in [3.8, 4) is 5.75 Å². The molecular weight excluding hydrogens is 306 g/mol. The molecule has 6 nitrogen and oxygen atoms in total. The summed E-state index contributed by atoms with van der Waals surface area (Å²) in [4.78, 5) is 10.1. The van der Waals surface area contributed by atoms with Crippen LogP contribution in [0, 0.1) is 10.1 Å². The molecule has 0 amide bonds. The summed E-state index contributed by atoms with van der Waals surface area (Å²) in [5, 5.41) is 10.7. The second kappa shape index (κ2) is 6.15. The molecule has 0 unspecified atom stereocenters. The summed E-state index contributed by atoms with van der Waals surface area (Å²) in [5.74, 6) is 0.191. The van der Waals surface area contributed by atoms with Gasteiger partial charge in [0.1, 0.15) is 10.6 Å².